The molecule has 0 saturated carbocycles. The van der Waals surface area contributed by atoms with Crippen molar-refractivity contribution in [3.8, 4) is 11.4 Å². The summed E-state index contributed by atoms with van der Waals surface area (Å²) >= 11 is 0. The number of hydrogen-bond acceptors (Lipinski definition) is 3. The predicted octanol–water partition coefficient (Wildman–Crippen LogP) is 2.71. The first-order chi connectivity index (χ1) is 10.5. The molecule has 0 aliphatic carbocycles. The van der Waals surface area contributed by atoms with E-state index in [9.17, 15) is 9.59 Å². The maximum absolute atomic E-state index is 11.8. The molecule has 2 N–H and O–H groups in total. The van der Waals surface area contributed by atoms with Crippen molar-refractivity contribution in [3.63, 3.8) is 0 Å². The Balaban J connectivity index is 2.33. The van der Waals surface area contributed by atoms with Crippen molar-refractivity contribution in [2.75, 3.05) is 0 Å². The van der Waals surface area contributed by atoms with Crippen molar-refractivity contribution >= 4 is 10.8 Å². The molecular formula is C17H17N3O2. The van der Waals surface area contributed by atoms with E-state index in [1.165, 1.54) is 5.56 Å². The van der Waals surface area contributed by atoms with Gasteiger partial charge in [0.25, 0.3) is 5.56 Å². The van der Waals surface area contributed by atoms with Gasteiger partial charge in [-0.05, 0) is 29.9 Å². The second-order valence-corrected chi connectivity index (χ2v) is 5.70. The molecule has 3 aromatic rings. The van der Waals surface area contributed by atoms with E-state index in [-0.39, 0.29) is 0 Å². The summed E-state index contributed by atoms with van der Waals surface area (Å²) in [7, 11) is 0. The molecule has 5 heteroatoms. The average molecular weight is 295 g/mol. The van der Waals surface area contributed by atoms with Crippen LogP contribution in [0.25, 0.3) is 22.2 Å². The van der Waals surface area contributed by atoms with Crippen molar-refractivity contribution < 1.29 is 0 Å². The molecule has 0 saturated heterocycles. The minimum Gasteiger partial charge on any atom is -0.305 e. The van der Waals surface area contributed by atoms with Crippen LogP contribution in [0.1, 0.15) is 30.9 Å². The fraction of sp³-hybridized carbons (Fsp3) is 0.235. The van der Waals surface area contributed by atoms with Crippen LogP contribution in [0.4, 0.5) is 0 Å². The lowest BCUT2D eigenvalue weighted by atomic mass is 9.98. The van der Waals surface area contributed by atoms with Crippen LogP contribution in [-0.2, 0) is 0 Å². The van der Waals surface area contributed by atoms with Gasteiger partial charge in [-0.25, -0.2) is 4.79 Å². The van der Waals surface area contributed by atoms with Gasteiger partial charge in [-0.2, -0.15) is 0 Å². The molecular weight excluding hydrogens is 278 g/mol. The Hall–Kier alpha value is -2.69. The highest BCUT2D eigenvalue weighted by molar-refractivity contribution is 5.94. The molecule has 2 aromatic heterocycles. The predicted molar refractivity (Wildman–Crippen MR) is 87.2 cm³/mol. The number of fused-ring (bicyclic) bond motifs is 1. The minimum absolute atomic E-state index is 0.392. The fourth-order valence-electron chi connectivity index (χ4n) is 2.54. The Morgan fingerprint density at radius 3 is 2.59 bits per heavy atom. The standard InChI is InChI=1S/C17H17N3O2/c1-9(2)11-4-5-13-12(8-11)6-7-18-15(13)14-10(3)16(21)20-17(22)19-14/h4-9H,1-3H3,(H2,19,20,21,22). The Morgan fingerprint density at radius 2 is 1.86 bits per heavy atom. The molecule has 0 fully saturated rings. The first-order valence-corrected chi connectivity index (χ1v) is 7.19. The molecule has 0 bridgehead atoms. The third-order valence-electron chi connectivity index (χ3n) is 3.87. The summed E-state index contributed by atoms with van der Waals surface area (Å²) in [6.45, 7) is 5.95. The molecule has 0 radical (unpaired) electrons. The van der Waals surface area contributed by atoms with E-state index in [0.29, 0.717) is 22.9 Å². The molecule has 0 unspecified atom stereocenters. The van der Waals surface area contributed by atoms with Gasteiger partial charge < -0.3 is 4.98 Å². The number of nitrogens with one attached hydrogen (secondary N) is 2. The molecule has 112 valence electrons. The van der Waals surface area contributed by atoms with E-state index < -0.39 is 11.2 Å². The third-order valence-corrected chi connectivity index (χ3v) is 3.87. The summed E-state index contributed by atoms with van der Waals surface area (Å²) in [6, 6.07) is 8.10. The van der Waals surface area contributed by atoms with Gasteiger partial charge in [0.2, 0.25) is 0 Å². The highest BCUT2D eigenvalue weighted by Crippen LogP contribution is 2.28. The van der Waals surface area contributed by atoms with Crippen molar-refractivity contribution in [1.82, 2.24) is 15.0 Å². The first-order valence-electron chi connectivity index (χ1n) is 7.19. The van der Waals surface area contributed by atoms with Crippen molar-refractivity contribution in [1.29, 1.82) is 0 Å². The summed E-state index contributed by atoms with van der Waals surface area (Å²) < 4.78 is 0. The van der Waals surface area contributed by atoms with Gasteiger partial charge in [0.05, 0.1) is 11.4 Å². The molecule has 2 heterocycles. The van der Waals surface area contributed by atoms with Gasteiger partial charge in [-0.15, -0.1) is 0 Å². The first kappa shape index (κ1) is 14.3. The number of pyridine rings is 1. The normalized spacial score (nSPS) is 11.3. The zero-order valence-electron chi connectivity index (χ0n) is 12.7. The highest BCUT2D eigenvalue weighted by Gasteiger charge is 2.12. The monoisotopic (exact) mass is 295 g/mol. The van der Waals surface area contributed by atoms with E-state index >= 15 is 0 Å². The molecule has 0 spiro atoms. The van der Waals surface area contributed by atoms with Crippen molar-refractivity contribution in [2.45, 2.75) is 26.7 Å². The van der Waals surface area contributed by atoms with Gasteiger partial charge in [0.1, 0.15) is 0 Å². The van der Waals surface area contributed by atoms with Crippen LogP contribution < -0.4 is 11.2 Å². The maximum atomic E-state index is 11.8. The van der Waals surface area contributed by atoms with Crippen LogP contribution in [-0.4, -0.2) is 15.0 Å². The number of aromatic amines is 2. The summed E-state index contributed by atoms with van der Waals surface area (Å²) in [4.78, 5) is 32.7. The van der Waals surface area contributed by atoms with E-state index in [2.05, 4.69) is 40.9 Å². The van der Waals surface area contributed by atoms with Gasteiger partial charge in [-0.1, -0.05) is 32.0 Å². The maximum Gasteiger partial charge on any atom is 0.326 e. The van der Waals surface area contributed by atoms with Crippen LogP contribution in [0.15, 0.2) is 40.1 Å². The zero-order valence-corrected chi connectivity index (χ0v) is 12.7. The van der Waals surface area contributed by atoms with E-state index in [0.717, 1.165) is 10.8 Å². The smallest absolute Gasteiger partial charge is 0.305 e. The number of H-pyrrole nitrogens is 2. The number of hydrogen-bond donors (Lipinski definition) is 2. The number of aromatic nitrogens is 3. The van der Waals surface area contributed by atoms with Crippen LogP contribution in [0.2, 0.25) is 0 Å². The summed E-state index contributed by atoms with van der Waals surface area (Å²) in [5.41, 5.74) is 1.86. The Morgan fingerprint density at radius 1 is 1.09 bits per heavy atom. The Labute approximate surface area is 127 Å². The topological polar surface area (TPSA) is 78.6 Å². The summed E-state index contributed by atoms with van der Waals surface area (Å²) in [5.74, 6) is 0.433. The molecule has 0 aliphatic rings. The lowest BCUT2D eigenvalue weighted by Gasteiger charge is -2.10. The molecule has 1 aromatic carbocycles. The van der Waals surface area contributed by atoms with Crippen LogP contribution in [0.3, 0.4) is 0 Å². The fourth-order valence-corrected chi connectivity index (χ4v) is 2.54. The van der Waals surface area contributed by atoms with E-state index in [4.69, 9.17) is 0 Å². The second-order valence-electron chi connectivity index (χ2n) is 5.70. The molecule has 0 aliphatic heterocycles. The van der Waals surface area contributed by atoms with Crippen LogP contribution >= 0.6 is 0 Å². The van der Waals surface area contributed by atoms with Gasteiger partial charge >= 0.3 is 5.69 Å². The number of nitrogens with zero attached hydrogens (tertiary/aromatic N) is 1. The van der Waals surface area contributed by atoms with Gasteiger partial charge in [0.15, 0.2) is 0 Å². The third kappa shape index (κ3) is 2.35. The number of rotatable bonds is 2. The highest BCUT2D eigenvalue weighted by atomic mass is 16.2. The Kier molecular flexibility index (Phi) is 3.41. The quantitative estimate of drug-likeness (QED) is 0.763. The summed E-state index contributed by atoms with van der Waals surface area (Å²) in [5, 5.41) is 1.95. The van der Waals surface area contributed by atoms with E-state index in [1.807, 2.05) is 12.1 Å². The van der Waals surface area contributed by atoms with E-state index in [1.54, 1.807) is 13.1 Å². The van der Waals surface area contributed by atoms with Gasteiger partial charge in [0, 0.05) is 17.1 Å². The lowest BCUT2D eigenvalue weighted by Crippen LogP contribution is -2.25. The SMILES string of the molecule is Cc1c(-c2nccc3cc(C(C)C)ccc23)[nH]c(=O)[nH]c1=O. The Bertz CT molecular complexity index is 968. The van der Waals surface area contributed by atoms with Crippen LogP contribution in [0.5, 0.6) is 0 Å². The number of benzene rings is 1. The summed E-state index contributed by atoms with van der Waals surface area (Å²) in [6.07, 6.45) is 1.70. The average Bonchev–Trinajstić information content (AvgIpc) is 2.49. The van der Waals surface area contributed by atoms with Crippen LogP contribution in [0, 0.1) is 6.92 Å². The lowest BCUT2D eigenvalue weighted by molar-refractivity contribution is 0.869. The van der Waals surface area contributed by atoms with Crippen molar-refractivity contribution in [2.24, 2.45) is 0 Å². The second kappa shape index (κ2) is 5.26. The minimum atomic E-state index is -0.525. The molecule has 0 amide bonds. The molecule has 22 heavy (non-hydrogen) atoms. The zero-order chi connectivity index (χ0) is 15.9. The van der Waals surface area contributed by atoms with Crippen molar-refractivity contribution in [3.05, 3.63) is 62.4 Å². The molecule has 0 atom stereocenters. The van der Waals surface area contributed by atoms with Gasteiger partial charge in [-0.3, -0.25) is 14.8 Å². The molecule has 3 rings (SSSR count). The molecule has 5 nitrogen and oxygen atoms in total. The largest absolute Gasteiger partial charge is 0.326 e.